The minimum Gasteiger partial charge on any atom is -0.356 e. The minimum absolute atomic E-state index is 0.119. The summed E-state index contributed by atoms with van der Waals surface area (Å²) in [4.78, 5) is 24.1. The summed E-state index contributed by atoms with van der Waals surface area (Å²) in [5, 5.41) is 9.25. The molecule has 3 aromatic rings. The number of piperidine rings is 1. The second-order valence-corrected chi connectivity index (χ2v) is 8.68. The third-order valence-electron chi connectivity index (χ3n) is 5.23. The van der Waals surface area contributed by atoms with E-state index in [4.69, 9.17) is 9.97 Å². The van der Waals surface area contributed by atoms with Gasteiger partial charge in [0.05, 0.1) is 18.1 Å². The summed E-state index contributed by atoms with van der Waals surface area (Å²) < 4.78 is 1.87. The first kappa shape index (κ1) is 21.4. The Kier molecular flexibility index (Phi) is 7.19. The first-order valence-electron chi connectivity index (χ1n) is 10.9. The molecular formula is C23H28N6OS. The van der Waals surface area contributed by atoms with Crippen molar-refractivity contribution in [2.45, 2.75) is 37.9 Å². The van der Waals surface area contributed by atoms with Crippen LogP contribution < -0.4 is 10.2 Å². The van der Waals surface area contributed by atoms with Crippen LogP contribution >= 0.6 is 11.8 Å². The van der Waals surface area contributed by atoms with E-state index in [9.17, 15) is 4.79 Å². The van der Waals surface area contributed by atoms with Gasteiger partial charge in [0.15, 0.2) is 10.8 Å². The fourth-order valence-corrected chi connectivity index (χ4v) is 4.27. The number of thioether (sulfide) groups is 1. The zero-order chi connectivity index (χ0) is 21.5. The van der Waals surface area contributed by atoms with Gasteiger partial charge in [0.2, 0.25) is 5.91 Å². The predicted molar refractivity (Wildman–Crippen MR) is 126 cm³/mol. The van der Waals surface area contributed by atoms with Crippen molar-refractivity contribution in [1.29, 1.82) is 0 Å². The number of anilines is 1. The third kappa shape index (κ3) is 5.44. The quantitative estimate of drug-likeness (QED) is 0.329. The number of hydrogen-bond donors (Lipinski definition) is 1. The average Bonchev–Trinajstić information content (AvgIpc) is 3.21. The van der Waals surface area contributed by atoms with Crippen molar-refractivity contribution >= 4 is 40.6 Å². The maximum absolute atomic E-state index is 12.1. The highest BCUT2D eigenvalue weighted by Crippen LogP contribution is 2.29. The molecule has 0 atom stereocenters. The molecule has 7 nitrogen and oxygen atoms in total. The monoisotopic (exact) mass is 436 g/mol. The van der Waals surface area contributed by atoms with Gasteiger partial charge in [0, 0.05) is 25.7 Å². The van der Waals surface area contributed by atoms with Gasteiger partial charge in [-0.3, -0.25) is 4.79 Å². The molecule has 0 unspecified atom stereocenters. The molecule has 8 heteroatoms. The topological polar surface area (TPSA) is 75.9 Å². The van der Waals surface area contributed by atoms with E-state index >= 15 is 0 Å². The van der Waals surface area contributed by atoms with Crippen LogP contribution in [0, 0.1) is 0 Å². The van der Waals surface area contributed by atoms with Crippen LogP contribution in [0.4, 0.5) is 5.82 Å². The maximum Gasteiger partial charge on any atom is 0.244 e. The van der Waals surface area contributed by atoms with Gasteiger partial charge >= 0.3 is 0 Å². The second kappa shape index (κ2) is 10.4. The Hall–Kier alpha value is -2.87. The number of rotatable bonds is 8. The van der Waals surface area contributed by atoms with Gasteiger partial charge in [0.1, 0.15) is 5.82 Å². The normalized spacial score (nSPS) is 14.4. The van der Waals surface area contributed by atoms with Gasteiger partial charge in [-0.25, -0.2) is 14.6 Å². The number of carbonyl (C=O) groups excluding carboxylic acids is 1. The Morgan fingerprint density at radius 2 is 1.97 bits per heavy atom. The number of hydrogen-bond acceptors (Lipinski definition) is 6. The summed E-state index contributed by atoms with van der Waals surface area (Å²) in [5.74, 6) is 1.79. The lowest BCUT2D eigenvalue weighted by Crippen LogP contribution is -2.30. The highest BCUT2D eigenvalue weighted by molar-refractivity contribution is 7.99. The summed E-state index contributed by atoms with van der Waals surface area (Å²) in [7, 11) is 0. The molecule has 0 radical (unpaired) electrons. The molecule has 0 aliphatic carbocycles. The van der Waals surface area contributed by atoms with Gasteiger partial charge in [-0.2, -0.15) is 5.10 Å². The van der Waals surface area contributed by atoms with Crippen LogP contribution in [0.25, 0.3) is 17.1 Å². The first-order chi connectivity index (χ1) is 15.2. The zero-order valence-corrected chi connectivity index (χ0v) is 18.6. The third-order valence-corrected chi connectivity index (χ3v) is 5.96. The molecule has 3 heterocycles. The molecule has 1 aliphatic heterocycles. The molecule has 31 heavy (non-hydrogen) atoms. The Labute approximate surface area is 186 Å². The fourth-order valence-electron chi connectivity index (χ4n) is 3.71. The van der Waals surface area contributed by atoms with Gasteiger partial charge < -0.3 is 10.2 Å². The molecule has 1 aliphatic rings. The fraction of sp³-hybridized carbons (Fsp3) is 0.391. The van der Waals surface area contributed by atoms with Crippen LogP contribution in [-0.4, -0.2) is 51.0 Å². The van der Waals surface area contributed by atoms with E-state index in [0.717, 1.165) is 46.4 Å². The zero-order valence-electron chi connectivity index (χ0n) is 17.8. The number of nitrogens with one attached hydrogen (secondary N) is 1. The second-order valence-electron chi connectivity index (χ2n) is 7.45. The number of aromatic nitrogens is 4. The Bertz CT molecular complexity index is 1040. The molecule has 1 fully saturated rings. The minimum atomic E-state index is -0.119. The van der Waals surface area contributed by atoms with E-state index in [0.29, 0.717) is 13.1 Å². The number of carbonyl (C=O) groups is 1. The first-order valence-corrected chi connectivity index (χ1v) is 11.9. The van der Waals surface area contributed by atoms with Crippen LogP contribution in [0.15, 0.2) is 47.8 Å². The smallest absolute Gasteiger partial charge is 0.244 e. The van der Waals surface area contributed by atoms with Gasteiger partial charge in [-0.15, -0.1) is 0 Å². The molecular weight excluding hydrogens is 408 g/mol. The molecule has 0 spiro atoms. The van der Waals surface area contributed by atoms with Crippen molar-refractivity contribution in [3.63, 3.8) is 0 Å². The Balaban J connectivity index is 1.45. The van der Waals surface area contributed by atoms with Crippen molar-refractivity contribution in [2.24, 2.45) is 0 Å². The highest BCUT2D eigenvalue weighted by Gasteiger charge is 2.19. The molecule has 1 aromatic carbocycles. The van der Waals surface area contributed by atoms with Gasteiger partial charge in [0.25, 0.3) is 0 Å². The van der Waals surface area contributed by atoms with Crippen molar-refractivity contribution in [3.05, 3.63) is 48.2 Å². The molecule has 0 bridgehead atoms. The van der Waals surface area contributed by atoms with E-state index in [1.165, 1.54) is 19.3 Å². The van der Waals surface area contributed by atoms with Crippen molar-refractivity contribution in [1.82, 2.24) is 25.1 Å². The van der Waals surface area contributed by atoms with Crippen molar-refractivity contribution in [2.75, 3.05) is 30.3 Å². The van der Waals surface area contributed by atoms with E-state index in [-0.39, 0.29) is 5.91 Å². The lowest BCUT2D eigenvalue weighted by molar-refractivity contribution is -0.116. The molecule has 2 aromatic heterocycles. The number of benzene rings is 1. The maximum atomic E-state index is 12.1. The van der Waals surface area contributed by atoms with Crippen LogP contribution in [-0.2, 0) is 11.3 Å². The number of fused-ring (bicyclic) bond motifs is 1. The Morgan fingerprint density at radius 3 is 2.74 bits per heavy atom. The summed E-state index contributed by atoms with van der Waals surface area (Å²) in [6.07, 6.45) is 8.89. The van der Waals surface area contributed by atoms with Gasteiger partial charge in [-0.05, 0) is 36.7 Å². The van der Waals surface area contributed by atoms with E-state index in [1.54, 1.807) is 17.8 Å². The molecule has 4 rings (SSSR count). The SMILES string of the molecule is CCSc1nc(N2CCCCC2)c2cnn(CCNC(=O)/C=C\c3ccccc3)c2n1. The highest BCUT2D eigenvalue weighted by atomic mass is 32.2. The van der Waals surface area contributed by atoms with Crippen molar-refractivity contribution < 1.29 is 4.79 Å². The standard InChI is InChI=1S/C23H28N6OS/c1-2-31-23-26-21(28-14-7-4-8-15-28)19-17-25-29(22(19)27-23)16-13-24-20(30)12-11-18-9-5-3-6-10-18/h3,5-6,9-12,17H,2,4,7-8,13-16H2,1H3,(H,24,30)/b12-11-. The lowest BCUT2D eigenvalue weighted by Gasteiger charge is -2.28. The Morgan fingerprint density at radius 1 is 1.16 bits per heavy atom. The molecule has 162 valence electrons. The van der Waals surface area contributed by atoms with Crippen molar-refractivity contribution in [3.8, 4) is 0 Å². The molecule has 0 saturated carbocycles. The molecule has 1 saturated heterocycles. The van der Waals surface area contributed by atoms with Crippen LogP contribution in [0.5, 0.6) is 0 Å². The van der Waals surface area contributed by atoms with Crippen LogP contribution in [0.1, 0.15) is 31.7 Å². The van der Waals surface area contributed by atoms with Gasteiger partial charge in [-0.1, -0.05) is 49.0 Å². The van der Waals surface area contributed by atoms with E-state index in [2.05, 4.69) is 22.2 Å². The summed E-state index contributed by atoms with van der Waals surface area (Å²) in [5.41, 5.74) is 1.83. The van der Waals surface area contributed by atoms with E-state index in [1.807, 2.05) is 47.3 Å². The average molecular weight is 437 g/mol. The van der Waals surface area contributed by atoms with Crippen LogP contribution in [0.3, 0.4) is 0 Å². The predicted octanol–water partition coefficient (Wildman–Crippen LogP) is 3.76. The number of nitrogens with zero attached hydrogens (tertiary/aromatic N) is 5. The molecule has 1 N–H and O–H groups in total. The summed E-state index contributed by atoms with van der Waals surface area (Å²) in [6, 6.07) is 9.78. The lowest BCUT2D eigenvalue weighted by atomic mass is 10.1. The summed E-state index contributed by atoms with van der Waals surface area (Å²) in [6.45, 7) is 5.19. The molecule has 1 amide bonds. The largest absolute Gasteiger partial charge is 0.356 e. The van der Waals surface area contributed by atoms with E-state index < -0.39 is 0 Å². The summed E-state index contributed by atoms with van der Waals surface area (Å²) >= 11 is 1.64. The number of amides is 1. The van der Waals surface area contributed by atoms with Crippen LogP contribution in [0.2, 0.25) is 0 Å².